The number of halogens is 1. The van der Waals surface area contributed by atoms with E-state index in [0.29, 0.717) is 22.4 Å². The summed E-state index contributed by atoms with van der Waals surface area (Å²) in [5.74, 6) is 0.229. The highest BCUT2D eigenvalue weighted by molar-refractivity contribution is 5.81. The number of fused-ring (bicyclic) bond motifs is 1. The molecule has 0 aliphatic heterocycles. The third kappa shape index (κ3) is 2.40. The third-order valence-electron chi connectivity index (χ3n) is 1.79. The number of nitrogen functional groups attached to an aromatic ring is 1. The first-order valence-corrected chi connectivity index (χ1v) is 4.85. The fourth-order valence-corrected chi connectivity index (χ4v) is 1.21. The molecule has 0 saturated carbocycles. The highest BCUT2D eigenvalue weighted by atomic mass is 19.1. The van der Waals surface area contributed by atoms with Gasteiger partial charge >= 0.3 is 0 Å². The molecule has 0 aliphatic rings. The van der Waals surface area contributed by atoms with E-state index in [1.165, 1.54) is 12.3 Å². The van der Waals surface area contributed by atoms with E-state index >= 15 is 0 Å². The predicted octanol–water partition coefficient (Wildman–Crippen LogP) is 2.69. The molecule has 2 aromatic rings. The summed E-state index contributed by atoms with van der Waals surface area (Å²) in [5, 5.41) is 0.403. The van der Waals surface area contributed by atoms with E-state index in [9.17, 15) is 4.39 Å². The maximum absolute atomic E-state index is 13.2. The van der Waals surface area contributed by atoms with Gasteiger partial charge < -0.3 is 5.73 Å². The Balaban J connectivity index is 0.000000531. The highest BCUT2D eigenvalue weighted by Crippen LogP contribution is 2.18. The van der Waals surface area contributed by atoms with Crippen molar-refractivity contribution < 1.29 is 4.39 Å². The van der Waals surface area contributed by atoms with Gasteiger partial charge in [-0.3, -0.25) is 0 Å². The van der Waals surface area contributed by atoms with Crippen molar-refractivity contribution in [2.24, 2.45) is 0 Å². The predicted molar refractivity (Wildman–Crippen MR) is 60.0 cm³/mol. The molecule has 0 fully saturated rings. The van der Waals surface area contributed by atoms with E-state index in [1.54, 1.807) is 13.0 Å². The Bertz CT molecular complexity index is 463. The molecule has 1 aromatic heterocycles. The van der Waals surface area contributed by atoms with Crippen LogP contribution >= 0.6 is 0 Å². The van der Waals surface area contributed by atoms with Gasteiger partial charge in [0.05, 0.1) is 10.9 Å². The van der Waals surface area contributed by atoms with E-state index in [1.807, 2.05) is 13.8 Å². The van der Waals surface area contributed by atoms with Crippen LogP contribution in [0.1, 0.15) is 19.7 Å². The van der Waals surface area contributed by atoms with Gasteiger partial charge in [0.2, 0.25) is 0 Å². The fourth-order valence-electron chi connectivity index (χ4n) is 1.21. The zero-order chi connectivity index (χ0) is 11.4. The van der Waals surface area contributed by atoms with Crippen LogP contribution in [0.15, 0.2) is 18.3 Å². The molecule has 0 unspecified atom stereocenters. The van der Waals surface area contributed by atoms with Gasteiger partial charge in [-0.25, -0.2) is 14.4 Å². The van der Waals surface area contributed by atoms with Gasteiger partial charge in [-0.1, -0.05) is 13.8 Å². The molecule has 0 amide bonds. The Morgan fingerprint density at radius 3 is 2.60 bits per heavy atom. The second-order valence-corrected chi connectivity index (χ2v) is 2.85. The van der Waals surface area contributed by atoms with Gasteiger partial charge in [-0.05, 0) is 19.1 Å². The lowest BCUT2D eigenvalue weighted by molar-refractivity contribution is 0.639. The second kappa shape index (κ2) is 4.68. The van der Waals surface area contributed by atoms with E-state index in [2.05, 4.69) is 9.97 Å². The summed E-state index contributed by atoms with van der Waals surface area (Å²) in [6, 6.07) is 2.90. The summed E-state index contributed by atoms with van der Waals surface area (Å²) in [6.07, 6.45) is 1.46. The first-order chi connectivity index (χ1) is 7.16. The lowest BCUT2D eigenvalue weighted by atomic mass is 10.2. The minimum Gasteiger partial charge on any atom is -0.399 e. The summed E-state index contributed by atoms with van der Waals surface area (Å²) in [6.45, 7) is 5.75. The number of aromatic nitrogens is 2. The summed E-state index contributed by atoms with van der Waals surface area (Å²) >= 11 is 0. The topological polar surface area (TPSA) is 51.8 Å². The van der Waals surface area contributed by atoms with E-state index in [-0.39, 0.29) is 5.82 Å². The number of anilines is 1. The molecular weight excluding hydrogens is 193 g/mol. The lowest BCUT2D eigenvalue weighted by Gasteiger charge is -2.00. The van der Waals surface area contributed by atoms with Crippen molar-refractivity contribution in [2.45, 2.75) is 20.8 Å². The highest BCUT2D eigenvalue weighted by Gasteiger charge is 2.03. The van der Waals surface area contributed by atoms with Crippen molar-refractivity contribution in [3.63, 3.8) is 0 Å². The molecule has 0 aliphatic carbocycles. The second-order valence-electron chi connectivity index (χ2n) is 2.85. The maximum atomic E-state index is 13.2. The van der Waals surface area contributed by atoms with Gasteiger partial charge in [0, 0.05) is 11.9 Å². The molecule has 80 valence electrons. The van der Waals surface area contributed by atoms with Crippen LogP contribution in [0.5, 0.6) is 0 Å². The van der Waals surface area contributed by atoms with Crippen LogP contribution < -0.4 is 5.73 Å². The van der Waals surface area contributed by atoms with Crippen molar-refractivity contribution in [3.05, 3.63) is 30.0 Å². The molecule has 2 N–H and O–H groups in total. The first-order valence-electron chi connectivity index (χ1n) is 4.85. The van der Waals surface area contributed by atoms with Crippen LogP contribution in [0.2, 0.25) is 0 Å². The number of aryl methyl sites for hydroxylation is 1. The minimum absolute atomic E-state index is 0.378. The molecule has 0 radical (unpaired) electrons. The fraction of sp³-hybridized carbons (Fsp3) is 0.273. The minimum atomic E-state index is -0.380. The van der Waals surface area contributed by atoms with Crippen molar-refractivity contribution in [3.8, 4) is 0 Å². The van der Waals surface area contributed by atoms with Gasteiger partial charge in [-0.15, -0.1) is 0 Å². The molecular formula is C11H14FN3. The third-order valence-corrected chi connectivity index (χ3v) is 1.79. The molecule has 0 bridgehead atoms. The van der Waals surface area contributed by atoms with Crippen molar-refractivity contribution in [2.75, 3.05) is 5.73 Å². The van der Waals surface area contributed by atoms with Crippen LogP contribution in [-0.4, -0.2) is 9.97 Å². The summed E-state index contributed by atoms with van der Waals surface area (Å²) in [4.78, 5) is 7.97. The summed E-state index contributed by atoms with van der Waals surface area (Å²) in [5.41, 5.74) is 6.40. The maximum Gasteiger partial charge on any atom is 0.136 e. The average Bonchev–Trinajstić information content (AvgIpc) is 2.19. The average molecular weight is 207 g/mol. The molecule has 0 atom stereocenters. The number of nitrogens with two attached hydrogens (primary N) is 1. The normalized spacial score (nSPS) is 9.60. The van der Waals surface area contributed by atoms with Gasteiger partial charge in [-0.2, -0.15) is 0 Å². The molecule has 1 heterocycles. The molecule has 0 saturated heterocycles. The smallest absolute Gasteiger partial charge is 0.136 e. The van der Waals surface area contributed by atoms with Crippen LogP contribution in [-0.2, 0) is 0 Å². The van der Waals surface area contributed by atoms with E-state index in [0.717, 1.165) is 0 Å². The van der Waals surface area contributed by atoms with Crippen LogP contribution in [0.25, 0.3) is 10.9 Å². The van der Waals surface area contributed by atoms with Gasteiger partial charge in [0.15, 0.2) is 0 Å². The molecule has 1 aromatic carbocycles. The Morgan fingerprint density at radius 1 is 1.27 bits per heavy atom. The van der Waals surface area contributed by atoms with Crippen molar-refractivity contribution in [1.82, 2.24) is 9.97 Å². The van der Waals surface area contributed by atoms with Crippen LogP contribution in [0.3, 0.4) is 0 Å². The molecule has 15 heavy (non-hydrogen) atoms. The molecule has 0 spiro atoms. The van der Waals surface area contributed by atoms with Gasteiger partial charge in [0.25, 0.3) is 0 Å². The lowest BCUT2D eigenvalue weighted by Crippen LogP contribution is -1.93. The first kappa shape index (κ1) is 11.4. The number of hydrogen-bond acceptors (Lipinski definition) is 3. The monoisotopic (exact) mass is 207 g/mol. The number of rotatable bonds is 0. The summed E-state index contributed by atoms with van der Waals surface area (Å²) in [7, 11) is 0. The zero-order valence-electron chi connectivity index (χ0n) is 9.08. The number of nitrogens with zero attached hydrogens (tertiary/aromatic N) is 2. The Labute approximate surface area is 88.2 Å². The Morgan fingerprint density at radius 2 is 1.93 bits per heavy atom. The van der Waals surface area contributed by atoms with E-state index in [4.69, 9.17) is 5.73 Å². The number of benzene rings is 1. The Hall–Kier alpha value is -1.71. The van der Waals surface area contributed by atoms with Crippen molar-refractivity contribution >= 4 is 16.6 Å². The molecule has 2 rings (SSSR count). The van der Waals surface area contributed by atoms with E-state index < -0.39 is 0 Å². The van der Waals surface area contributed by atoms with Crippen molar-refractivity contribution in [1.29, 1.82) is 0 Å². The standard InChI is InChI=1S/C9H8FN3.C2H6/c1-5-12-4-7-8(10)2-6(11)3-9(7)13-5;1-2/h2-4H,11H2,1H3;1-2H3. The Kier molecular flexibility index (Phi) is 3.55. The number of hydrogen-bond donors (Lipinski definition) is 1. The summed E-state index contributed by atoms with van der Waals surface area (Å²) < 4.78 is 13.2. The molecule has 4 heteroatoms. The van der Waals surface area contributed by atoms with Gasteiger partial charge in [0.1, 0.15) is 11.6 Å². The SMILES string of the molecule is CC.Cc1ncc2c(F)cc(N)cc2n1. The van der Waals surface area contributed by atoms with Crippen LogP contribution in [0, 0.1) is 12.7 Å². The molecule has 3 nitrogen and oxygen atoms in total. The largest absolute Gasteiger partial charge is 0.399 e. The quantitative estimate of drug-likeness (QED) is 0.676. The van der Waals surface area contributed by atoms with Crippen LogP contribution in [0.4, 0.5) is 10.1 Å². The zero-order valence-corrected chi connectivity index (χ0v) is 9.08.